The zero-order valence-electron chi connectivity index (χ0n) is 10.7. The third-order valence-electron chi connectivity index (χ3n) is 3.17. The Kier molecular flexibility index (Phi) is 4.35. The van der Waals surface area contributed by atoms with Crippen molar-refractivity contribution in [2.45, 2.75) is 25.7 Å². The Balaban J connectivity index is 2.22. The summed E-state index contributed by atoms with van der Waals surface area (Å²) in [4.78, 5) is 13.6. The first-order valence-electron chi connectivity index (χ1n) is 6.42. The molecule has 0 unspecified atom stereocenters. The summed E-state index contributed by atoms with van der Waals surface area (Å²) in [6.07, 6.45) is 3.18. The van der Waals surface area contributed by atoms with Crippen molar-refractivity contribution in [1.29, 1.82) is 5.26 Å². The van der Waals surface area contributed by atoms with E-state index in [1.165, 1.54) is 18.6 Å². The van der Waals surface area contributed by atoms with Gasteiger partial charge in [0, 0.05) is 13.1 Å². The van der Waals surface area contributed by atoms with E-state index in [0.717, 1.165) is 31.6 Å². The van der Waals surface area contributed by atoms with Crippen LogP contribution >= 0.6 is 0 Å². The molecule has 0 atom stereocenters. The number of nitriles is 1. The molecular weight excluding hydrogens is 245 g/mol. The molecule has 0 aromatic heterocycles. The standard InChI is InChI=1S/C14H16FN3O/c15-11-4-5-13(18-8-2-1-3-9-18)12(10-11)17-14(19)6-7-16/h4-5,10H,1-3,6,8-9H2,(H,17,19). The summed E-state index contributed by atoms with van der Waals surface area (Å²) in [5.41, 5.74) is 1.27. The van der Waals surface area contributed by atoms with Crippen LogP contribution in [0.3, 0.4) is 0 Å². The molecule has 1 heterocycles. The lowest BCUT2D eigenvalue weighted by Crippen LogP contribution is -2.30. The lowest BCUT2D eigenvalue weighted by atomic mass is 10.1. The summed E-state index contributed by atoms with van der Waals surface area (Å²) in [6, 6.07) is 6.16. The molecule has 0 bridgehead atoms. The van der Waals surface area contributed by atoms with E-state index in [1.54, 1.807) is 12.1 Å². The van der Waals surface area contributed by atoms with Crippen LogP contribution in [0.2, 0.25) is 0 Å². The fourth-order valence-corrected chi connectivity index (χ4v) is 2.29. The van der Waals surface area contributed by atoms with Gasteiger partial charge < -0.3 is 10.2 Å². The predicted molar refractivity (Wildman–Crippen MR) is 71.3 cm³/mol. The van der Waals surface area contributed by atoms with Crippen molar-refractivity contribution >= 4 is 17.3 Å². The van der Waals surface area contributed by atoms with E-state index >= 15 is 0 Å². The van der Waals surface area contributed by atoms with Gasteiger partial charge in [0.2, 0.25) is 5.91 Å². The van der Waals surface area contributed by atoms with E-state index in [-0.39, 0.29) is 6.42 Å². The number of benzene rings is 1. The second-order valence-electron chi connectivity index (χ2n) is 4.59. The molecule has 1 aliphatic rings. The van der Waals surface area contributed by atoms with Gasteiger partial charge in [0.25, 0.3) is 0 Å². The van der Waals surface area contributed by atoms with E-state index in [2.05, 4.69) is 10.2 Å². The van der Waals surface area contributed by atoms with Gasteiger partial charge in [0.15, 0.2) is 0 Å². The molecule has 19 heavy (non-hydrogen) atoms. The molecule has 0 spiro atoms. The predicted octanol–water partition coefficient (Wildman–Crippen LogP) is 2.67. The number of hydrogen-bond acceptors (Lipinski definition) is 3. The lowest BCUT2D eigenvalue weighted by molar-refractivity contribution is -0.115. The summed E-state index contributed by atoms with van der Waals surface area (Å²) in [6.45, 7) is 1.82. The number of piperidine rings is 1. The van der Waals surface area contributed by atoms with E-state index in [1.807, 2.05) is 0 Å². The molecule has 1 aliphatic heterocycles. The van der Waals surface area contributed by atoms with Gasteiger partial charge in [0.05, 0.1) is 17.4 Å². The van der Waals surface area contributed by atoms with Crippen molar-refractivity contribution < 1.29 is 9.18 Å². The molecule has 1 saturated heterocycles. The molecule has 100 valence electrons. The summed E-state index contributed by atoms with van der Waals surface area (Å²) < 4.78 is 13.3. The number of nitrogens with zero attached hydrogens (tertiary/aromatic N) is 2. The molecule has 0 radical (unpaired) electrons. The van der Waals surface area contributed by atoms with Gasteiger partial charge in [-0.15, -0.1) is 0 Å². The number of carbonyl (C=O) groups excluding carboxylic acids is 1. The molecular formula is C14H16FN3O. The van der Waals surface area contributed by atoms with Gasteiger partial charge in [-0.2, -0.15) is 5.26 Å². The fraction of sp³-hybridized carbons (Fsp3) is 0.429. The third kappa shape index (κ3) is 3.44. The van der Waals surface area contributed by atoms with Crippen LogP contribution in [0, 0.1) is 17.1 Å². The summed E-state index contributed by atoms with van der Waals surface area (Å²) in [5, 5.41) is 11.1. The second-order valence-corrected chi connectivity index (χ2v) is 4.59. The van der Waals surface area contributed by atoms with E-state index in [4.69, 9.17) is 5.26 Å². The van der Waals surface area contributed by atoms with Crippen molar-refractivity contribution in [2.75, 3.05) is 23.3 Å². The highest BCUT2D eigenvalue weighted by Crippen LogP contribution is 2.29. The topological polar surface area (TPSA) is 56.1 Å². The first-order chi connectivity index (χ1) is 9.20. The normalized spacial score (nSPS) is 14.8. The number of amides is 1. The Hall–Kier alpha value is -2.09. The largest absolute Gasteiger partial charge is 0.370 e. The van der Waals surface area contributed by atoms with Crippen molar-refractivity contribution in [2.24, 2.45) is 0 Å². The monoisotopic (exact) mass is 261 g/mol. The van der Waals surface area contributed by atoms with Crippen molar-refractivity contribution in [3.63, 3.8) is 0 Å². The molecule has 1 fully saturated rings. The summed E-state index contributed by atoms with van der Waals surface area (Å²) in [5.74, 6) is -0.806. The molecule has 1 amide bonds. The summed E-state index contributed by atoms with van der Waals surface area (Å²) >= 11 is 0. The Bertz CT molecular complexity index is 504. The Labute approximate surface area is 111 Å². The van der Waals surface area contributed by atoms with Gasteiger partial charge in [-0.1, -0.05) is 0 Å². The van der Waals surface area contributed by atoms with Gasteiger partial charge in [-0.25, -0.2) is 4.39 Å². The number of carbonyl (C=O) groups is 1. The molecule has 0 aliphatic carbocycles. The molecule has 5 heteroatoms. The average molecular weight is 261 g/mol. The van der Waals surface area contributed by atoms with Crippen LogP contribution < -0.4 is 10.2 Å². The van der Waals surface area contributed by atoms with Crippen LogP contribution in [0.4, 0.5) is 15.8 Å². The van der Waals surface area contributed by atoms with Gasteiger partial charge >= 0.3 is 0 Å². The number of halogens is 1. The van der Waals surface area contributed by atoms with Crippen molar-refractivity contribution in [3.05, 3.63) is 24.0 Å². The van der Waals surface area contributed by atoms with Crippen LogP contribution in [-0.4, -0.2) is 19.0 Å². The zero-order valence-corrected chi connectivity index (χ0v) is 10.7. The molecule has 2 rings (SSSR count). The second kappa shape index (κ2) is 6.19. The highest BCUT2D eigenvalue weighted by molar-refractivity contribution is 5.95. The number of hydrogen-bond donors (Lipinski definition) is 1. The van der Waals surface area contributed by atoms with Crippen LogP contribution in [0.1, 0.15) is 25.7 Å². The smallest absolute Gasteiger partial charge is 0.238 e. The van der Waals surface area contributed by atoms with Crippen molar-refractivity contribution in [1.82, 2.24) is 0 Å². The fourth-order valence-electron chi connectivity index (χ4n) is 2.29. The first kappa shape index (κ1) is 13.3. The molecule has 1 aromatic carbocycles. The van der Waals surface area contributed by atoms with Crippen LogP contribution in [-0.2, 0) is 4.79 Å². The maximum absolute atomic E-state index is 13.3. The maximum Gasteiger partial charge on any atom is 0.238 e. The zero-order chi connectivity index (χ0) is 13.7. The molecule has 1 N–H and O–H groups in total. The number of nitrogens with one attached hydrogen (secondary N) is 1. The van der Waals surface area contributed by atoms with E-state index in [0.29, 0.717) is 5.69 Å². The summed E-state index contributed by atoms with van der Waals surface area (Å²) in [7, 11) is 0. The number of anilines is 2. The minimum Gasteiger partial charge on any atom is -0.370 e. The van der Waals surface area contributed by atoms with Gasteiger partial charge in [0.1, 0.15) is 12.2 Å². The minimum atomic E-state index is -0.411. The molecule has 1 aromatic rings. The highest BCUT2D eigenvalue weighted by atomic mass is 19.1. The van der Waals surface area contributed by atoms with E-state index in [9.17, 15) is 9.18 Å². The third-order valence-corrected chi connectivity index (χ3v) is 3.17. The quantitative estimate of drug-likeness (QED) is 0.910. The first-order valence-corrected chi connectivity index (χ1v) is 6.42. The maximum atomic E-state index is 13.3. The van der Waals surface area contributed by atoms with Crippen LogP contribution in [0.15, 0.2) is 18.2 Å². The van der Waals surface area contributed by atoms with Crippen molar-refractivity contribution in [3.8, 4) is 6.07 Å². The number of rotatable bonds is 3. The molecule has 4 nitrogen and oxygen atoms in total. The van der Waals surface area contributed by atoms with Crippen LogP contribution in [0.25, 0.3) is 0 Å². The Morgan fingerprint density at radius 1 is 1.37 bits per heavy atom. The highest BCUT2D eigenvalue weighted by Gasteiger charge is 2.16. The Morgan fingerprint density at radius 3 is 2.79 bits per heavy atom. The molecule has 0 saturated carbocycles. The van der Waals surface area contributed by atoms with Crippen LogP contribution in [0.5, 0.6) is 0 Å². The Morgan fingerprint density at radius 2 is 2.11 bits per heavy atom. The van der Waals surface area contributed by atoms with Gasteiger partial charge in [-0.3, -0.25) is 4.79 Å². The average Bonchev–Trinajstić information content (AvgIpc) is 2.40. The minimum absolute atomic E-state index is 0.226. The van der Waals surface area contributed by atoms with Gasteiger partial charge in [-0.05, 0) is 37.5 Å². The SMILES string of the molecule is N#CCC(=O)Nc1cc(F)ccc1N1CCCCC1. The van der Waals surface area contributed by atoms with E-state index < -0.39 is 11.7 Å². The lowest BCUT2D eigenvalue weighted by Gasteiger charge is -2.30.